The van der Waals surface area contributed by atoms with E-state index >= 15 is 0 Å². The zero-order valence-electron chi connectivity index (χ0n) is 16.3. The number of aromatic nitrogens is 4. The number of methoxy groups -OCH3 is 1. The van der Waals surface area contributed by atoms with Gasteiger partial charge in [0.1, 0.15) is 0 Å². The van der Waals surface area contributed by atoms with Crippen LogP contribution in [0.2, 0.25) is 5.02 Å². The maximum atomic E-state index is 12.8. The number of hydrogen-bond acceptors (Lipinski definition) is 5. The van der Waals surface area contributed by atoms with Gasteiger partial charge in [-0.25, -0.2) is 4.98 Å². The molecule has 0 aliphatic heterocycles. The Labute approximate surface area is 173 Å². The summed E-state index contributed by atoms with van der Waals surface area (Å²) in [6, 6.07) is 9.47. The number of nitrogens with one attached hydrogen (secondary N) is 1. The number of carbonyl (C=O) groups excluding carboxylic acids is 1. The van der Waals surface area contributed by atoms with Crippen LogP contribution in [-0.2, 0) is 4.74 Å². The second-order valence-electron chi connectivity index (χ2n) is 6.64. The lowest BCUT2D eigenvalue weighted by Gasteiger charge is -2.17. The molecule has 1 aromatic carbocycles. The number of hydrogen-bond donors (Lipinski definition) is 1. The van der Waals surface area contributed by atoms with E-state index in [2.05, 4.69) is 26.7 Å². The summed E-state index contributed by atoms with van der Waals surface area (Å²) in [7, 11) is 1.68. The van der Waals surface area contributed by atoms with Gasteiger partial charge in [0.25, 0.3) is 0 Å². The number of aromatic amines is 1. The normalized spacial score (nSPS) is 12.3. The number of carbonyl (C=O) groups is 1. The third-order valence-electron chi connectivity index (χ3n) is 4.55. The first-order valence-electron chi connectivity index (χ1n) is 8.92. The summed E-state index contributed by atoms with van der Waals surface area (Å²) < 4.78 is 7.40. The second kappa shape index (κ2) is 8.94. The van der Waals surface area contributed by atoms with E-state index in [1.165, 1.54) is 11.8 Å². The number of nitrogens with zero attached hydrogens (tertiary/aromatic N) is 3. The molecule has 148 valence electrons. The van der Waals surface area contributed by atoms with Crippen LogP contribution in [0.1, 0.15) is 34.7 Å². The summed E-state index contributed by atoms with van der Waals surface area (Å²) in [5.41, 5.74) is 3.65. The molecule has 2 heterocycles. The van der Waals surface area contributed by atoms with Crippen LogP contribution in [0.5, 0.6) is 0 Å². The van der Waals surface area contributed by atoms with Crippen LogP contribution < -0.4 is 0 Å². The van der Waals surface area contributed by atoms with Gasteiger partial charge in [-0.05, 0) is 51.1 Å². The topological polar surface area (TPSA) is 72.8 Å². The average Bonchev–Trinajstić information content (AvgIpc) is 3.25. The van der Waals surface area contributed by atoms with Gasteiger partial charge in [0.2, 0.25) is 5.16 Å². The zero-order chi connectivity index (χ0) is 20.3. The highest BCUT2D eigenvalue weighted by Crippen LogP contribution is 2.25. The molecule has 3 aromatic rings. The second-order valence-corrected chi connectivity index (χ2v) is 8.02. The van der Waals surface area contributed by atoms with Crippen molar-refractivity contribution in [3.05, 3.63) is 52.3 Å². The maximum absolute atomic E-state index is 12.8. The van der Waals surface area contributed by atoms with Gasteiger partial charge in [-0.2, -0.15) is 0 Å². The zero-order valence-corrected chi connectivity index (χ0v) is 17.9. The first kappa shape index (κ1) is 20.6. The molecule has 28 heavy (non-hydrogen) atoms. The van der Waals surface area contributed by atoms with E-state index in [-0.39, 0.29) is 17.6 Å². The van der Waals surface area contributed by atoms with Gasteiger partial charge < -0.3 is 9.30 Å². The Balaban J connectivity index is 1.68. The van der Waals surface area contributed by atoms with Gasteiger partial charge in [-0.15, -0.1) is 5.10 Å². The van der Waals surface area contributed by atoms with Crippen molar-refractivity contribution >= 4 is 29.1 Å². The van der Waals surface area contributed by atoms with E-state index in [1.807, 2.05) is 32.0 Å². The molecule has 6 nitrogen and oxygen atoms in total. The lowest BCUT2D eigenvalue weighted by Crippen LogP contribution is -2.14. The molecule has 8 heteroatoms. The van der Waals surface area contributed by atoms with Crippen LogP contribution in [0.15, 0.2) is 35.5 Å². The van der Waals surface area contributed by atoms with Gasteiger partial charge in [0, 0.05) is 34.6 Å². The van der Waals surface area contributed by atoms with Crippen molar-refractivity contribution in [2.45, 2.75) is 32.0 Å². The molecule has 0 aliphatic carbocycles. The SMILES string of the molecule is COCC(C)n1c(C)cc(C(=O)CSc2n[nH]c(-c3ccc(Cl)cc3)n2)c1C. The summed E-state index contributed by atoms with van der Waals surface area (Å²) in [5, 5.41) is 8.31. The number of rotatable bonds is 8. The predicted octanol–water partition coefficient (Wildman–Crippen LogP) is 4.73. The van der Waals surface area contributed by atoms with E-state index in [0.717, 1.165) is 22.5 Å². The third-order valence-corrected chi connectivity index (χ3v) is 5.65. The van der Waals surface area contributed by atoms with Crippen LogP contribution in [0.4, 0.5) is 0 Å². The van der Waals surface area contributed by atoms with Crippen molar-refractivity contribution in [2.75, 3.05) is 19.5 Å². The van der Waals surface area contributed by atoms with E-state index in [1.54, 1.807) is 19.2 Å². The molecular formula is C20H23ClN4O2S. The van der Waals surface area contributed by atoms with E-state index in [0.29, 0.717) is 22.6 Å². The number of benzene rings is 1. The van der Waals surface area contributed by atoms with Crippen molar-refractivity contribution in [1.29, 1.82) is 0 Å². The number of ether oxygens (including phenoxy) is 1. The molecule has 1 N–H and O–H groups in total. The predicted molar refractivity (Wildman–Crippen MR) is 112 cm³/mol. The summed E-state index contributed by atoms with van der Waals surface area (Å²) in [5.74, 6) is 0.992. The molecule has 3 rings (SSSR count). The molecule has 0 amide bonds. The van der Waals surface area contributed by atoms with Crippen LogP contribution >= 0.6 is 23.4 Å². The van der Waals surface area contributed by atoms with Crippen molar-refractivity contribution < 1.29 is 9.53 Å². The summed E-state index contributed by atoms with van der Waals surface area (Å²) in [6.45, 7) is 6.67. The van der Waals surface area contributed by atoms with Crippen LogP contribution in [-0.4, -0.2) is 45.0 Å². The van der Waals surface area contributed by atoms with Crippen molar-refractivity contribution in [3.63, 3.8) is 0 Å². The fourth-order valence-corrected chi connectivity index (χ4v) is 4.12. The van der Waals surface area contributed by atoms with Gasteiger partial charge in [-0.1, -0.05) is 23.4 Å². The Bertz CT molecular complexity index is 965. The Morgan fingerprint density at radius 1 is 1.32 bits per heavy atom. The molecule has 0 fully saturated rings. The molecule has 2 aromatic heterocycles. The minimum Gasteiger partial charge on any atom is -0.383 e. The van der Waals surface area contributed by atoms with E-state index in [4.69, 9.17) is 16.3 Å². The number of halogens is 1. The Morgan fingerprint density at radius 2 is 2.04 bits per heavy atom. The van der Waals surface area contributed by atoms with Crippen molar-refractivity contribution in [2.24, 2.45) is 0 Å². The van der Waals surface area contributed by atoms with Gasteiger partial charge >= 0.3 is 0 Å². The van der Waals surface area contributed by atoms with Gasteiger partial charge in [0.15, 0.2) is 11.6 Å². The van der Waals surface area contributed by atoms with Crippen LogP contribution in [0.25, 0.3) is 11.4 Å². The number of Topliss-reactive ketones (excluding diaryl/α,β-unsaturated/α-hetero) is 1. The summed E-state index contributed by atoms with van der Waals surface area (Å²) >= 11 is 7.23. The highest BCUT2D eigenvalue weighted by Gasteiger charge is 2.19. The monoisotopic (exact) mass is 418 g/mol. The Hall–Kier alpha value is -2.09. The molecule has 0 saturated carbocycles. The molecule has 0 saturated heterocycles. The quantitative estimate of drug-likeness (QED) is 0.423. The first-order chi connectivity index (χ1) is 13.4. The number of thioether (sulfide) groups is 1. The minimum atomic E-state index is 0.0619. The standard InChI is InChI=1S/C20H23ClN4O2S/c1-12-9-17(14(3)25(12)13(2)10-27-4)18(26)11-28-20-22-19(23-24-20)15-5-7-16(21)8-6-15/h5-9,13H,10-11H2,1-4H3,(H,22,23,24). The van der Waals surface area contributed by atoms with Crippen molar-refractivity contribution in [3.8, 4) is 11.4 Å². The summed E-state index contributed by atoms with van der Waals surface area (Å²) in [6.07, 6.45) is 0. The molecule has 0 radical (unpaired) electrons. The minimum absolute atomic E-state index is 0.0619. The molecule has 1 unspecified atom stereocenters. The highest BCUT2D eigenvalue weighted by molar-refractivity contribution is 7.99. The molecule has 0 spiro atoms. The van der Waals surface area contributed by atoms with Crippen LogP contribution in [0, 0.1) is 13.8 Å². The first-order valence-corrected chi connectivity index (χ1v) is 10.3. The largest absolute Gasteiger partial charge is 0.383 e. The fourth-order valence-electron chi connectivity index (χ4n) is 3.31. The summed E-state index contributed by atoms with van der Waals surface area (Å²) in [4.78, 5) is 17.2. The Kier molecular flexibility index (Phi) is 6.59. The fraction of sp³-hybridized carbons (Fsp3) is 0.350. The molecule has 0 bridgehead atoms. The van der Waals surface area contributed by atoms with Crippen LogP contribution in [0.3, 0.4) is 0 Å². The smallest absolute Gasteiger partial charge is 0.209 e. The third kappa shape index (κ3) is 4.48. The number of ketones is 1. The highest BCUT2D eigenvalue weighted by atomic mass is 35.5. The van der Waals surface area contributed by atoms with Gasteiger partial charge in [0.05, 0.1) is 18.4 Å². The van der Waals surface area contributed by atoms with Crippen molar-refractivity contribution in [1.82, 2.24) is 19.7 Å². The average molecular weight is 419 g/mol. The lowest BCUT2D eigenvalue weighted by atomic mass is 10.2. The lowest BCUT2D eigenvalue weighted by molar-refractivity contribution is 0.102. The van der Waals surface area contributed by atoms with E-state index in [9.17, 15) is 4.79 Å². The molecule has 1 atom stereocenters. The van der Waals surface area contributed by atoms with Gasteiger partial charge in [-0.3, -0.25) is 9.89 Å². The van der Waals surface area contributed by atoms with E-state index < -0.39 is 0 Å². The Morgan fingerprint density at radius 3 is 2.71 bits per heavy atom. The molecule has 0 aliphatic rings. The number of aryl methyl sites for hydroxylation is 1. The molecular weight excluding hydrogens is 396 g/mol. The maximum Gasteiger partial charge on any atom is 0.209 e. The number of H-pyrrole nitrogens is 1.